The summed E-state index contributed by atoms with van der Waals surface area (Å²) in [6, 6.07) is 16.2. The number of ether oxygens (including phenoxy) is 1. The minimum absolute atomic E-state index is 0.0659. The Labute approximate surface area is 209 Å². The number of fused-ring (bicyclic) bond motifs is 1. The largest absolute Gasteiger partial charge is 0.462 e. The Kier molecular flexibility index (Phi) is 7.50. The summed E-state index contributed by atoms with van der Waals surface area (Å²) in [4.78, 5) is 44.2. The molecule has 0 bridgehead atoms. The van der Waals surface area contributed by atoms with E-state index >= 15 is 0 Å². The predicted octanol–water partition coefficient (Wildman–Crippen LogP) is 5.62. The standard InChI is InChI=1S/C25H21ClN2O4S2/c1-3-32-24(31)21-15(2)20-22(34-21)27-25(33-14-19(29)17-9-5-4-6-10-17)28(23(20)30)13-16-8-7-11-18(26)12-16/h4-12H,3,13-14H2,1-2H3. The number of esters is 1. The first-order valence-corrected chi connectivity index (χ1v) is 12.7. The molecule has 9 heteroatoms. The Morgan fingerprint density at radius 2 is 1.91 bits per heavy atom. The molecule has 0 saturated carbocycles. The number of hydrogen-bond donors (Lipinski definition) is 0. The van der Waals surface area contributed by atoms with Gasteiger partial charge in [-0.1, -0.05) is 65.8 Å². The van der Waals surface area contributed by atoms with E-state index in [1.807, 2.05) is 30.3 Å². The number of ketones is 1. The molecular formula is C25H21ClN2O4S2. The Morgan fingerprint density at radius 1 is 1.15 bits per heavy atom. The molecule has 2 aromatic heterocycles. The van der Waals surface area contributed by atoms with Gasteiger partial charge in [0.1, 0.15) is 9.71 Å². The van der Waals surface area contributed by atoms with Gasteiger partial charge in [0, 0.05) is 10.6 Å². The molecule has 0 saturated heterocycles. The van der Waals surface area contributed by atoms with Crippen LogP contribution in [0.25, 0.3) is 10.2 Å². The number of aryl methyl sites for hydroxylation is 1. The molecule has 2 heterocycles. The van der Waals surface area contributed by atoms with Crippen LogP contribution in [0, 0.1) is 6.92 Å². The van der Waals surface area contributed by atoms with Gasteiger partial charge in [-0.3, -0.25) is 14.2 Å². The fraction of sp³-hybridized carbons (Fsp3) is 0.200. The molecule has 34 heavy (non-hydrogen) atoms. The summed E-state index contributed by atoms with van der Waals surface area (Å²) in [5.74, 6) is -0.423. The summed E-state index contributed by atoms with van der Waals surface area (Å²) < 4.78 is 6.68. The third kappa shape index (κ3) is 5.09. The van der Waals surface area contributed by atoms with Gasteiger partial charge in [-0.2, -0.15) is 0 Å². The van der Waals surface area contributed by atoms with Crippen molar-refractivity contribution < 1.29 is 14.3 Å². The second kappa shape index (κ2) is 10.5. The highest BCUT2D eigenvalue weighted by atomic mass is 35.5. The van der Waals surface area contributed by atoms with Crippen molar-refractivity contribution in [3.63, 3.8) is 0 Å². The minimum Gasteiger partial charge on any atom is -0.462 e. The molecule has 6 nitrogen and oxygen atoms in total. The van der Waals surface area contributed by atoms with E-state index in [2.05, 4.69) is 0 Å². The summed E-state index contributed by atoms with van der Waals surface area (Å²) in [5.41, 5.74) is 1.69. The van der Waals surface area contributed by atoms with Crippen molar-refractivity contribution in [3.05, 3.63) is 91.5 Å². The fourth-order valence-electron chi connectivity index (χ4n) is 3.49. The lowest BCUT2D eigenvalue weighted by Crippen LogP contribution is -2.24. The van der Waals surface area contributed by atoms with E-state index in [9.17, 15) is 14.4 Å². The Morgan fingerprint density at radius 3 is 2.62 bits per heavy atom. The fourth-order valence-corrected chi connectivity index (χ4v) is 5.72. The molecule has 0 aliphatic carbocycles. The Bertz CT molecular complexity index is 1430. The number of Topliss-reactive ketones (excluding diaryl/α,β-unsaturated/α-hetero) is 1. The molecule has 0 aliphatic rings. The van der Waals surface area contributed by atoms with Crippen molar-refractivity contribution in [2.75, 3.05) is 12.4 Å². The van der Waals surface area contributed by atoms with Crippen LogP contribution in [0.2, 0.25) is 5.02 Å². The average Bonchev–Trinajstić information content (AvgIpc) is 3.16. The number of carbonyl (C=O) groups is 2. The summed E-state index contributed by atoms with van der Waals surface area (Å²) in [6.07, 6.45) is 0. The molecule has 4 aromatic rings. The molecule has 174 valence electrons. The van der Waals surface area contributed by atoms with Gasteiger partial charge in [0.2, 0.25) is 0 Å². The summed E-state index contributed by atoms with van der Waals surface area (Å²) >= 11 is 8.47. The number of nitrogens with zero attached hydrogens (tertiary/aromatic N) is 2. The maximum atomic E-state index is 13.6. The van der Waals surface area contributed by atoms with E-state index in [0.717, 1.165) is 16.9 Å². The minimum atomic E-state index is -0.475. The Balaban J connectivity index is 1.78. The SMILES string of the molecule is CCOC(=O)c1sc2nc(SCC(=O)c3ccccc3)n(Cc3cccc(Cl)c3)c(=O)c2c1C. The lowest BCUT2D eigenvalue weighted by atomic mass is 10.2. The van der Waals surface area contributed by atoms with Crippen LogP contribution in [-0.2, 0) is 11.3 Å². The van der Waals surface area contributed by atoms with Crippen molar-refractivity contribution in [2.24, 2.45) is 0 Å². The Hall–Kier alpha value is -2.94. The number of rotatable bonds is 8. The van der Waals surface area contributed by atoms with Crippen molar-refractivity contribution in [1.82, 2.24) is 9.55 Å². The van der Waals surface area contributed by atoms with Crippen LogP contribution in [0.4, 0.5) is 0 Å². The molecule has 0 aliphatic heterocycles. The van der Waals surface area contributed by atoms with Gasteiger partial charge in [0.05, 0.1) is 24.3 Å². The van der Waals surface area contributed by atoms with Crippen molar-refractivity contribution >= 4 is 56.7 Å². The van der Waals surface area contributed by atoms with Crippen molar-refractivity contribution in [3.8, 4) is 0 Å². The summed E-state index contributed by atoms with van der Waals surface area (Å²) in [7, 11) is 0. The first-order chi connectivity index (χ1) is 16.4. The van der Waals surface area contributed by atoms with Crippen LogP contribution in [0.15, 0.2) is 64.5 Å². The van der Waals surface area contributed by atoms with Gasteiger partial charge >= 0.3 is 5.97 Å². The van der Waals surface area contributed by atoms with E-state index < -0.39 is 5.97 Å². The van der Waals surface area contributed by atoms with Gasteiger partial charge in [-0.05, 0) is 37.1 Å². The number of thioether (sulfide) groups is 1. The maximum absolute atomic E-state index is 13.6. The second-order valence-corrected chi connectivity index (χ2v) is 9.83. The highest BCUT2D eigenvalue weighted by Gasteiger charge is 2.23. The highest BCUT2D eigenvalue weighted by Crippen LogP contribution is 2.30. The molecule has 0 fully saturated rings. The number of hydrogen-bond acceptors (Lipinski definition) is 7. The number of benzene rings is 2. The molecule has 2 aromatic carbocycles. The molecule has 0 spiro atoms. The predicted molar refractivity (Wildman–Crippen MR) is 137 cm³/mol. The first kappa shape index (κ1) is 24.2. The van der Waals surface area contributed by atoms with Crippen LogP contribution in [0.1, 0.15) is 38.1 Å². The maximum Gasteiger partial charge on any atom is 0.348 e. The van der Waals surface area contributed by atoms with Gasteiger partial charge in [0.25, 0.3) is 5.56 Å². The van der Waals surface area contributed by atoms with Crippen LogP contribution in [-0.4, -0.2) is 33.7 Å². The molecule has 0 unspecified atom stereocenters. The molecule has 0 atom stereocenters. The topological polar surface area (TPSA) is 78.3 Å². The van der Waals surface area contributed by atoms with Gasteiger partial charge in [-0.15, -0.1) is 11.3 Å². The first-order valence-electron chi connectivity index (χ1n) is 10.6. The van der Waals surface area contributed by atoms with Crippen LogP contribution in [0.5, 0.6) is 0 Å². The molecule has 4 rings (SSSR count). The lowest BCUT2D eigenvalue weighted by Gasteiger charge is -2.12. The van der Waals surface area contributed by atoms with Gasteiger partial charge in [-0.25, -0.2) is 9.78 Å². The van der Waals surface area contributed by atoms with E-state index in [0.29, 0.717) is 36.4 Å². The second-order valence-electron chi connectivity index (χ2n) is 7.45. The van der Waals surface area contributed by atoms with Gasteiger partial charge in [0.15, 0.2) is 10.9 Å². The molecule has 0 N–H and O–H groups in total. The molecular weight excluding hydrogens is 492 g/mol. The van der Waals surface area contributed by atoms with E-state index in [1.165, 1.54) is 16.3 Å². The third-order valence-corrected chi connectivity index (χ3v) is 7.51. The molecule has 0 radical (unpaired) electrons. The molecule has 0 amide bonds. The smallest absolute Gasteiger partial charge is 0.348 e. The zero-order chi connectivity index (χ0) is 24.2. The van der Waals surface area contributed by atoms with E-state index in [1.54, 1.807) is 38.1 Å². The van der Waals surface area contributed by atoms with Crippen LogP contribution < -0.4 is 5.56 Å². The van der Waals surface area contributed by atoms with Crippen molar-refractivity contribution in [1.29, 1.82) is 0 Å². The van der Waals surface area contributed by atoms with E-state index in [-0.39, 0.29) is 30.2 Å². The number of halogens is 1. The summed E-state index contributed by atoms with van der Waals surface area (Å²) in [6.45, 7) is 3.93. The number of aromatic nitrogens is 2. The normalized spacial score (nSPS) is 11.0. The number of thiophene rings is 1. The quantitative estimate of drug-likeness (QED) is 0.132. The highest BCUT2D eigenvalue weighted by molar-refractivity contribution is 7.99. The number of carbonyl (C=O) groups excluding carboxylic acids is 2. The zero-order valence-corrected chi connectivity index (χ0v) is 20.9. The van der Waals surface area contributed by atoms with Crippen LogP contribution in [0.3, 0.4) is 0 Å². The summed E-state index contributed by atoms with van der Waals surface area (Å²) in [5, 5.41) is 1.34. The monoisotopic (exact) mass is 512 g/mol. The zero-order valence-electron chi connectivity index (χ0n) is 18.5. The average molecular weight is 513 g/mol. The third-order valence-electron chi connectivity index (χ3n) is 5.13. The van der Waals surface area contributed by atoms with Crippen molar-refractivity contribution in [2.45, 2.75) is 25.5 Å². The van der Waals surface area contributed by atoms with E-state index in [4.69, 9.17) is 21.3 Å². The van der Waals surface area contributed by atoms with Gasteiger partial charge < -0.3 is 4.74 Å². The lowest BCUT2D eigenvalue weighted by molar-refractivity contribution is 0.0531. The van der Waals surface area contributed by atoms with Crippen LogP contribution >= 0.6 is 34.7 Å².